The van der Waals surface area contributed by atoms with Crippen LogP contribution in [0.2, 0.25) is 0 Å². The zero-order valence-electron chi connectivity index (χ0n) is 10.3. The van der Waals surface area contributed by atoms with Gasteiger partial charge in [0.1, 0.15) is 5.60 Å². The number of hydrogen-bond acceptors (Lipinski definition) is 1. The van der Waals surface area contributed by atoms with Crippen molar-refractivity contribution in [3.05, 3.63) is 0 Å². The molecule has 0 unspecified atom stereocenters. The summed E-state index contributed by atoms with van der Waals surface area (Å²) in [5.74, 6) is 2.77. The first kappa shape index (κ1) is 13.5. The highest BCUT2D eigenvalue weighted by molar-refractivity contribution is 5.06. The number of unbranched alkanes of at least 4 members (excludes halogenated alkanes) is 2. The van der Waals surface area contributed by atoms with E-state index in [1.807, 2.05) is 27.7 Å². The molecular formula is C13H24O. The topological polar surface area (TPSA) is 9.23 Å². The maximum absolute atomic E-state index is 5.88. The molecule has 0 aromatic carbocycles. The Morgan fingerprint density at radius 1 is 1.14 bits per heavy atom. The van der Waals surface area contributed by atoms with Crippen molar-refractivity contribution in [1.29, 1.82) is 0 Å². The molecule has 0 N–H and O–H groups in total. The second kappa shape index (κ2) is 5.41. The highest BCUT2D eigenvalue weighted by Crippen LogP contribution is 2.24. The van der Waals surface area contributed by atoms with Gasteiger partial charge >= 0.3 is 0 Å². The third kappa shape index (κ3) is 6.05. The first-order valence-electron chi connectivity index (χ1n) is 5.51. The Morgan fingerprint density at radius 3 is 2.07 bits per heavy atom. The van der Waals surface area contributed by atoms with Crippen LogP contribution in [-0.2, 0) is 4.74 Å². The molecule has 0 saturated heterocycles. The van der Waals surface area contributed by atoms with Crippen molar-refractivity contribution in [2.45, 2.75) is 71.5 Å². The molecule has 1 atom stereocenters. The Bertz CT molecular complexity index is 194. The highest BCUT2D eigenvalue weighted by atomic mass is 16.5. The first-order chi connectivity index (χ1) is 6.33. The lowest BCUT2D eigenvalue weighted by atomic mass is 9.97. The molecule has 0 fully saturated rings. The van der Waals surface area contributed by atoms with Gasteiger partial charge in [0.05, 0.1) is 5.60 Å². The maximum atomic E-state index is 5.88. The maximum Gasteiger partial charge on any atom is 0.126 e. The number of terminal acetylenes is 1. The second-order valence-electron chi connectivity index (χ2n) is 5.05. The van der Waals surface area contributed by atoms with Gasteiger partial charge < -0.3 is 4.74 Å². The minimum Gasteiger partial charge on any atom is -0.357 e. The van der Waals surface area contributed by atoms with Gasteiger partial charge in [-0.25, -0.2) is 0 Å². The van der Waals surface area contributed by atoms with Crippen molar-refractivity contribution in [2.24, 2.45) is 0 Å². The van der Waals surface area contributed by atoms with Crippen molar-refractivity contribution >= 4 is 0 Å². The molecule has 0 amide bonds. The average Bonchev–Trinajstić information content (AvgIpc) is 2.02. The fourth-order valence-corrected chi connectivity index (χ4v) is 1.54. The SMILES string of the molecule is C#C[C@@](C)(CCCCC)OC(C)(C)C. The van der Waals surface area contributed by atoms with E-state index in [1.165, 1.54) is 12.8 Å². The van der Waals surface area contributed by atoms with Gasteiger partial charge in [-0.3, -0.25) is 0 Å². The monoisotopic (exact) mass is 196 g/mol. The van der Waals surface area contributed by atoms with E-state index in [0.29, 0.717) is 0 Å². The zero-order chi connectivity index (χ0) is 11.2. The smallest absolute Gasteiger partial charge is 0.126 e. The molecule has 1 nitrogen and oxygen atoms in total. The summed E-state index contributed by atoms with van der Waals surface area (Å²) in [6.07, 6.45) is 10.1. The van der Waals surface area contributed by atoms with Crippen molar-refractivity contribution in [2.75, 3.05) is 0 Å². The van der Waals surface area contributed by atoms with Gasteiger partial charge in [0, 0.05) is 0 Å². The number of rotatable bonds is 5. The van der Waals surface area contributed by atoms with Crippen LogP contribution in [0.5, 0.6) is 0 Å². The molecule has 1 heteroatoms. The van der Waals surface area contributed by atoms with E-state index in [1.54, 1.807) is 0 Å². The molecule has 0 bridgehead atoms. The van der Waals surface area contributed by atoms with Crippen LogP contribution in [0.4, 0.5) is 0 Å². The standard InChI is InChI=1S/C13H24O/c1-7-9-10-11-13(6,8-2)14-12(3,4)5/h2H,7,9-11H2,1,3-6H3/t13-/m0/s1. The third-order valence-corrected chi connectivity index (χ3v) is 2.09. The van der Waals surface area contributed by atoms with Crippen LogP contribution >= 0.6 is 0 Å². The van der Waals surface area contributed by atoms with Crippen LogP contribution in [-0.4, -0.2) is 11.2 Å². The molecule has 0 rings (SSSR count). The normalized spacial score (nSPS) is 16.0. The minimum absolute atomic E-state index is 0.159. The van der Waals surface area contributed by atoms with Gasteiger partial charge in [-0.05, 0) is 40.5 Å². The molecule has 0 aliphatic heterocycles. The van der Waals surface area contributed by atoms with Crippen molar-refractivity contribution in [3.8, 4) is 12.3 Å². The molecule has 14 heavy (non-hydrogen) atoms. The number of hydrogen-bond donors (Lipinski definition) is 0. The predicted octanol–water partition coefficient (Wildman–Crippen LogP) is 3.77. The lowest BCUT2D eigenvalue weighted by molar-refractivity contribution is -0.0942. The molecule has 0 aliphatic rings. The lowest BCUT2D eigenvalue weighted by Crippen LogP contribution is -2.36. The summed E-state index contributed by atoms with van der Waals surface area (Å²) in [6, 6.07) is 0. The Balaban J connectivity index is 4.14. The summed E-state index contributed by atoms with van der Waals surface area (Å²) in [4.78, 5) is 0. The number of ether oxygens (including phenoxy) is 1. The van der Waals surface area contributed by atoms with Gasteiger partial charge in [-0.2, -0.15) is 0 Å². The molecule has 0 heterocycles. The molecule has 0 aliphatic carbocycles. The highest BCUT2D eigenvalue weighted by Gasteiger charge is 2.27. The summed E-state index contributed by atoms with van der Waals surface area (Å²) in [6.45, 7) is 10.3. The van der Waals surface area contributed by atoms with Gasteiger partial charge in [0.25, 0.3) is 0 Å². The third-order valence-electron chi connectivity index (χ3n) is 2.09. The fourth-order valence-electron chi connectivity index (χ4n) is 1.54. The Kier molecular flexibility index (Phi) is 5.23. The van der Waals surface area contributed by atoms with Crippen LogP contribution in [0.15, 0.2) is 0 Å². The van der Waals surface area contributed by atoms with Crippen molar-refractivity contribution in [1.82, 2.24) is 0 Å². The summed E-state index contributed by atoms with van der Waals surface area (Å²) in [5.41, 5.74) is -0.555. The van der Waals surface area contributed by atoms with E-state index >= 15 is 0 Å². The van der Waals surface area contributed by atoms with Crippen LogP contribution in [0, 0.1) is 12.3 Å². The second-order valence-corrected chi connectivity index (χ2v) is 5.05. The Hall–Kier alpha value is -0.480. The Morgan fingerprint density at radius 2 is 1.71 bits per heavy atom. The fraction of sp³-hybridized carbons (Fsp3) is 0.846. The first-order valence-corrected chi connectivity index (χ1v) is 5.51. The molecule has 0 aromatic heterocycles. The minimum atomic E-state index is -0.395. The van der Waals surface area contributed by atoms with Crippen LogP contribution < -0.4 is 0 Å². The van der Waals surface area contributed by atoms with E-state index in [2.05, 4.69) is 12.8 Å². The molecular weight excluding hydrogens is 172 g/mol. The van der Waals surface area contributed by atoms with Gasteiger partial charge in [-0.1, -0.05) is 25.7 Å². The molecule has 0 saturated carbocycles. The summed E-state index contributed by atoms with van der Waals surface area (Å²) >= 11 is 0. The lowest BCUT2D eigenvalue weighted by Gasteiger charge is -2.32. The van der Waals surface area contributed by atoms with Gasteiger partial charge in [0.2, 0.25) is 0 Å². The molecule has 0 spiro atoms. The van der Waals surface area contributed by atoms with Crippen LogP contribution in [0.3, 0.4) is 0 Å². The van der Waals surface area contributed by atoms with Crippen molar-refractivity contribution in [3.63, 3.8) is 0 Å². The largest absolute Gasteiger partial charge is 0.357 e. The molecule has 0 radical (unpaired) electrons. The molecule has 0 aromatic rings. The molecule has 82 valence electrons. The van der Waals surface area contributed by atoms with Gasteiger partial charge in [0.15, 0.2) is 0 Å². The zero-order valence-corrected chi connectivity index (χ0v) is 10.3. The van der Waals surface area contributed by atoms with E-state index in [4.69, 9.17) is 11.2 Å². The summed E-state index contributed by atoms with van der Waals surface area (Å²) in [5, 5.41) is 0. The van der Waals surface area contributed by atoms with Crippen LogP contribution in [0.1, 0.15) is 60.3 Å². The van der Waals surface area contributed by atoms with Crippen molar-refractivity contribution < 1.29 is 4.74 Å². The Labute approximate surface area is 89.2 Å². The quantitative estimate of drug-likeness (QED) is 0.480. The summed E-state index contributed by atoms with van der Waals surface area (Å²) < 4.78 is 5.88. The van der Waals surface area contributed by atoms with Crippen LogP contribution in [0.25, 0.3) is 0 Å². The van der Waals surface area contributed by atoms with E-state index < -0.39 is 5.60 Å². The predicted molar refractivity (Wildman–Crippen MR) is 62.2 cm³/mol. The average molecular weight is 196 g/mol. The van der Waals surface area contributed by atoms with E-state index in [0.717, 1.165) is 12.8 Å². The van der Waals surface area contributed by atoms with E-state index in [-0.39, 0.29) is 5.60 Å². The summed E-state index contributed by atoms with van der Waals surface area (Å²) in [7, 11) is 0. The van der Waals surface area contributed by atoms with Gasteiger partial charge in [-0.15, -0.1) is 6.42 Å². The van der Waals surface area contributed by atoms with E-state index in [9.17, 15) is 0 Å².